The molecule has 0 fully saturated rings. The van der Waals surface area contributed by atoms with E-state index in [0.29, 0.717) is 0 Å². The van der Waals surface area contributed by atoms with Gasteiger partial charge >= 0.3 is 6.18 Å². The van der Waals surface area contributed by atoms with Gasteiger partial charge in [-0.05, 0) is 6.92 Å². The van der Waals surface area contributed by atoms with Gasteiger partial charge in [0.1, 0.15) is 0 Å². The molecule has 1 amide bonds. The third kappa shape index (κ3) is 9.09. The molecular weight excluding hydrogens is 189 g/mol. The molecule has 0 radical (unpaired) electrons. The number of carbonyl (C=O) groups is 1. The molecule has 4 nitrogen and oxygen atoms in total. The first-order chi connectivity index (χ1) is 5.95. The maximum atomic E-state index is 11.5. The van der Waals surface area contributed by atoms with E-state index in [0.717, 1.165) is 0 Å². The lowest BCUT2D eigenvalue weighted by Gasteiger charge is -2.07. The Hall–Kier alpha value is -0.820. The molecule has 0 unspecified atom stereocenters. The molecule has 0 aromatic heterocycles. The highest BCUT2D eigenvalue weighted by molar-refractivity contribution is 5.76. The highest BCUT2D eigenvalue weighted by Gasteiger charge is 2.26. The zero-order valence-electron chi connectivity index (χ0n) is 7.07. The molecule has 0 bridgehead atoms. The van der Waals surface area contributed by atoms with E-state index in [-0.39, 0.29) is 6.61 Å². The monoisotopic (exact) mass is 200 g/mol. The van der Waals surface area contributed by atoms with Crippen LogP contribution in [-0.4, -0.2) is 31.8 Å². The largest absolute Gasteiger partial charge is 0.401 e. The molecule has 0 atom stereocenters. The maximum Gasteiger partial charge on any atom is 0.401 e. The van der Waals surface area contributed by atoms with E-state index in [2.05, 4.69) is 4.84 Å². The van der Waals surface area contributed by atoms with Gasteiger partial charge in [0, 0.05) is 0 Å². The van der Waals surface area contributed by atoms with Crippen LogP contribution in [0, 0.1) is 0 Å². The summed E-state index contributed by atoms with van der Waals surface area (Å²) in [5.41, 5.74) is 1.95. The molecule has 0 aliphatic rings. The van der Waals surface area contributed by atoms with Crippen LogP contribution in [0.2, 0.25) is 0 Å². The molecule has 0 spiro atoms. The van der Waals surface area contributed by atoms with Gasteiger partial charge in [-0.15, -0.1) is 0 Å². The van der Waals surface area contributed by atoms with Crippen molar-refractivity contribution < 1.29 is 22.8 Å². The van der Waals surface area contributed by atoms with Gasteiger partial charge in [0.05, 0.1) is 19.7 Å². The lowest BCUT2D eigenvalue weighted by molar-refractivity contribution is -0.135. The number of rotatable bonds is 5. The number of hydroxylamine groups is 1. The zero-order valence-corrected chi connectivity index (χ0v) is 7.07. The average molecular weight is 200 g/mol. The van der Waals surface area contributed by atoms with E-state index in [9.17, 15) is 18.0 Å². The third-order valence-corrected chi connectivity index (χ3v) is 0.941. The van der Waals surface area contributed by atoms with Crippen molar-refractivity contribution in [2.24, 2.45) is 0 Å². The fourth-order valence-corrected chi connectivity index (χ4v) is 0.507. The Bertz CT molecular complexity index is 160. The second-order valence-electron chi connectivity index (χ2n) is 2.18. The SMILES string of the molecule is CCONC(=O)CNCC(F)(F)F. The molecule has 0 saturated carbocycles. The molecule has 0 aliphatic heterocycles. The Morgan fingerprint density at radius 1 is 1.46 bits per heavy atom. The molecular formula is C6H11F3N2O2. The Morgan fingerprint density at radius 3 is 2.54 bits per heavy atom. The summed E-state index contributed by atoms with van der Waals surface area (Å²) in [5, 5.41) is 1.92. The van der Waals surface area contributed by atoms with Crippen LogP contribution in [0.15, 0.2) is 0 Å². The minimum absolute atomic E-state index is 0.269. The highest BCUT2D eigenvalue weighted by atomic mass is 19.4. The van der Waals surface area contributed by atoms with Crippen molar-refractivity contribution in [2.75, 3.05) is 19.7 Å². The summed E-state index contributed by atoms with van der Waals surface area (Å²) < 4.78 is 34.6. The van der Waals surface area contributed by atoms with Crippen molar-refractivity contribution in [3.63, 3.8) is 0 Å². The summed E-state index contributed by atoms with van der Waals surface area (Å²) in [5.74, 6) is -0.633. The van der Waals surface area contributed by atoms with Crippen molar-refractivity contribution in [3.8, 4) is 0 Å². The second kappa shape index (κ2) is 5.76. The molecule has 0 aromatic rings. The Balaban J connectivity index is 3.37. The molecule has 13 heavy (non-hydrogen) atoms. The van der Waals surface area contributed by atoms with Crippen LogP contribution >= 0.6 is 0 Å². The Labute approximate surface area is 73.4 Å². The number of carbonyl (C=O) groups excluding carboxylic acids is 1. The summed E-state index contributed by atoms with van der Waals surface area (Å²) >= 11 is 0. The smallest absolute Gasteiger partial charge is 0.300 e. The van der Waals surface area contributed by atoms with Crippen molar-refractivity contribution in [1.82, 2.24) is 10.8 Å². The van der Waals surface area contributed by atoms with E-state index < -0.39 is 25.2 Å². The molecule has 0 heterocycles. The van der Waals surface area contributed by atoms with Crippen molar-refractivity contribution in [2.45, 2.75) is 13.1 Å². The summed E-state index contributed by atoms with van der Waals surface area (Å²) in [6.07, 6.45) is -4.30. The average Bonchev–Trinajstić information content (AvgIpc) is 1.98. The molecule has 78 valence electrons. The lowest BCUT2D eigenvalue weighted by atomic mass is 10.5. The normalized spacial score (nSPS) is 11.4. The van der Waals surface area contributed by atoms with Gasteiger partial charge in [0.25, 0.3) is 5.91 Å². The second-order valence-corrected chi connectivity index (χ2v) is 2.18. The molecule has 0 aliphatic carbocycles. The Morgan fingerprint density at radius 2 is 2.08 bits per heavy atom. The maximum absolute atomic E-state index is 11.5. The number of hydrogen-bond acceptors (Lipinski definition) is 3. The first-order valence-electron chi connectivity index (χ1n) is 3.64. The summed E-state index contributed by atoms with van der Waals surface area (Å²) in [6, 6.07) is 0. The number of alkyl halides is 3. The molecule has 2 N–H and O–H groups in total. The van der Waals surface area contributed by atoms with Gasteiger partial charge in [-0.3, -0.25) is 9.63 Å². The van der Waals surface area contributed by atoms with Gasteiger partial charge in [0.2, 0.25) is 0 Å². The van der Waals surface area contributed by atoms with Gasteiger partial charge in [-0.2, -0.15) is 13.2 Å². The van der Waals surface area contributed by atoms with Gasteiger partial charge in [0.15, 0.2) is 0 Å². The Kier molecular flexibility index (Phi) is 5.40. The molecule has 0 saturated heterocycles. The van der Waals surface area contributed by atoms with Crippen LogP contribution in [0.1, 0.15) is 6.92 Å². The predicted molar refractivity (Wildman–Crippen MR) is 38.7 cm³/mol. The summed E-state index contributed by atoms with van der Waals surface area (Å²) in [6.45, 7) is 0.306. The fraction of sp³-hybridized carbons (Fsp3) is 0.833. The van der Waals surface area contributed by atoms with Crippen LogP contribution in [0.3, 0.4) is 0 Å². The van der Waals surface area contributed by atoms with Crippen molar-refractivity contribution >= 4 is 5.91 Å². The van der Waals surface area contributed by atoms with Crippen LogP contribution in [0.4, 0.5) is 13.2 Å². The summed E-state index contributed by atoms with van der Waals surface area (Å²) in [7, 11) is 0. The van der Waals surface area contributed by atoms with Crippen LogP contribution < -0.4 is 10.8 Å². The van der Waals surface area contributed by atoms with E-state index >= 15 is 0 Å². The van der Waals surface area contributed by atoms with E-state index in [1.54, 1.807) is 6.92 Å². The van der Waals surface area contributed by atoms with Crippen molar-refractivity contribution in [1.29, 1.82) is 0 Å². The fourth-order valence-electron chi connectivity index (χ4n) is 0.507. The predicted octanol–water partition coefficient (Wildman–Crippen LogP) is 0.206. The minimum Gasteiger partial charge on any atom is -0.300 e. The number of halogens is 3. The third-order valence-electron chi connectivity index (χ3n) is 0.941. The van der Waals surface area contributed by atoms with E-state index in [1.165, 1.54) is 0 Å². The first-order valence-corrected chi connectivity index (χ1v) is 3.64. The van der Waals surface area contributed by atoms with Gasteiger partial charge in [-0.1, -0.05) is 0 Å². The molecule has 0 rings (SSSR count). The van der Waals surface area contributed by atoms with E-state index in [4.69, 9.17) is 0 Å². The summed E-state index contributed by atoms with van der Waals surface area (Å²) in [4.78, 5) is 15.1. The van der Waals surface area contributed by atoms with Crippen molar-refractivity contribution in [3.05, 3.63) is 0 Å². The standard InChI is InChI=1S/C6H11F3N2O2/c1-2-13-11-5(12)3-10-4-6(7,8)9/h10H,2-4H2,1H3,(H,11,12). The first kappa shape index (κ1) is 12.2. The van der Waals surface area contributed by atoms with Gasteiger partial charge < -0.3 is 5.32 Å². The molecule has 7 heteroatoms. The van der Waals surface area contributed by atoms with Gasteiger partial charge in [-0.25, -0.2) is 5.48 Å². The van der Waals surface area contributed by atoms with E-state index in [1.807, 2.05) is 10.8 Å². The minimum atomic E-state index is -4.30. The van der Waals surface area contributed by atoms with Crippen LogP contribution in [-0.2, 0) is 9.63 Å². The molecule has 0 aromatic carbocycles. The lowest BCUT2D eigenvalue weighted by Crippen LogP contribution is -2.38. The van der Waals surface area contributed by atoms with Crippen LogP contribution in [0.25, 0.3) is 0 Å². The highest BCUT2D eigenvalue weighted by Crippen LogP contribution is 2.11. The topological polar surface area (TPSA) is 50.4 Å². The number of amides is 1. The number of hydrogen-bond donors (Lipinski definition) is 2. The quantitative estimate of drug-likeness (QED) is 0.623. The number of nitrogens with one attached hydrogen (secondary N) is 2. The zero-order chi connectivity index (χ0) is 10.3. The van der Waals surface area contributed by atoms with Crippen LogP contribution in [0.5, 0.6) is 0 Å².